The number of carbonyl (C=O) groups excluding carboxylic acids is 2. The van der Waals surface area contributed by atoms with Crippen LogP contribution in [0, 0.1) is 27.7 Å². The van der Waals surface area contributed by atoms with Crippen LogP contribution in [-0.2, 0) is 23.7 Å². The Labute approximate surface area is 317 Å². The monoisotopic (exact) mass is 710 g/mol. The smallest absolute Gasteiger partial charge is 0.180 e. The Morgan fingerprint density at radius 1 is 0.615 bits per heavy atom. The van der Waals surface area contributed by atoms with E-state index in [0.717, 1.165) is 75.5 Å². The maximum atomic E-state index is 13.7. The number of phenols is 1. The standard InChI is InChI=1S/C40H47NO3.4C2H6/c1-22-23(2)25(4)33-32(24(22)3)37(43)34(38(33)44)31-19-18-28-17-13-16-27(35(28)41-31)15-12-11-14-26-20-29(39(5,6)7)36(42)30(21-26)40(8,9)10;4*1-2/h13,16-21,34,42H,11-12,14-15H2,1-10H3;4*1-2H3. The lowest BCUT2D eigenvalue weighted by atomic mass is 9.78. The van der Waals surface area contributed by atoms with Crippen molar-refractivity contribution in [1.29, 1.82) is 0 Å². The molecule has 0 saturated heterocycles. The number of aromatic nitrogens is 1. The number of fused-ring (bicyclic) bond motifs is 2. The molecule has 4 heteroatoms. The molecule has 3 aromatic carbocycles. The minimum absolute atomic E-state index is 0.129. The summed E-state index contributed by atoms with van der Waals surface area (Å²) in [6, 6.07) is 14.4. The Hall–Kier alpha value is -3.79. The number of hydrogen-bond acceptors (Lipinski definition) is 4. The SMILES string of the molecule is CC.CC.CC.CC.Cc1c(C)c(C)c2c(c1C)C(=O)C(c1ccc3cccc(CCCCc4cc(C(C)(C)C)c(O)c(C(C)(C)C)c4)c3n1)C2=O. The normalized spacial score (nSPS) is 12.4. The molecule has 1 aliphatic rings. The number of carbonyl (C=O) groups is 2. The first-order chi connectivity index (χ1) is 24.5. The number of phenolic OH excluding ortho intramolecular Hbond substituents is 1. The minimum Gasteiger partial charge on any atom is -0.507 e. The molecule has 1 N–H and O–H groups in total. The zero-order valence-electron chi connectivity index (χ0n) is 36.2. The third-order valence-corrected chi connectivity index (χ3v) is 9.77. The highest BCUT2D eigenvalue weighted by atomic mass is 16.3. The molecular weight excluding hydrogens is 639 g/mol. The van der Waals surface area contributed by atoms with Crippen LogP contribution in [0.4, 0.5) is 0 Å². The zero-order chi connectivity index (χ0) is 40.3. The lowest BCUT2D eigenvalue weighted by Gasteiger charge is -2.28. The van der Waals surface area contributed by atoms with Crippen LogP contribution in [0.5, 0.6) is 5.75 Å². The van der Waals surface area contributed by atoms with Gasteiger partial charge in [-0.3, -0.25) is 14.6 Å². The Kier molecular flexibility index (Phi) is 17.7. The fraction of sp³-hybridized carbons (Fsp3) is 0.521. The third kappa shape index (κ3) is 9.79. The molecule has 52 heavy (non-hydrogen) atoms. The molecule has 0 radical (unpaired) electrons. The van der Waals surface area contributed by atoms with Crippen molar-refractivity contribution in [3.63, 3.8) is 0 Å². The van der Waals surface area contributed by atoms with E-state index >= 15 is 0 Å². The summed E-state index contributed by atoms with van der Waals surface area (Å²) in [5.74, 6) is -0.721. The van der Waals surface area contributed by atoms with E-state index in [-0.39, 0.29) is 22.4 Å². The number of pyridine rings is 1. The number of ketones is 2. The summed E-state index contributed by atoms with van der Waals surface area (Å²) in [4.78, 5) is 32.5. The summed E-state index contributed by atoms with van der Waals surface area (Å²) in [7, 11) is 0. The molecule has 0 saturated carbocycles. The minimum atomic E-state index is -0.885. The predicted molar refractivity (Wildman–Crippen MR) is 226 cm³/mol. The number of rotatable bonds is 6. The van der Waals surface area contributed by atoms with Crippen LogP contribution in [0.15, 0.2) is 42.5 Å². The van der Waals surface area contributed by atoms with Gasteiger partial charge in [0.1, 0.15) is 11.7 Å². The second-order valence-electron chi connectivity index (χ2n) is 14.9. The first-order valence-corrected chi connectivity index (χ1v) is 20.0. The molecule has 0 atom stereocenters. The van der Waals surface area contributed by atoms with Gasteiger partial charge in [-0.15, -0.1) is 0 Å². The number of hydrogen-bond donors (Lipinski definition) is 1. The zero-order valence-corrected chi connectivity index (χ0v) is 36.2. The first-order valence-electron chi connectivity index (χ1n) is 20.0. The lowest BCUT2D eigenvalue weighted by Crippen LogP contribution is -2.18. The van der Waals surface area contributed by atoms with Gasteiger partial charge in [0.15, 0.2) is 11.6 Å². The summed E-state index contributed by atoms with van der Waals surface area (Å²) in [5.41, 5.74) is 10.6. The van der Waals surface area contributed by atoms with Gasteiger partial charge in [-0.1, -0.05) is 133 Å². The molecule has 0 amide bonds. The van der Waals surface area contributed by atoms with Crippen LogP contribution in [0.3, 0.4) is 0 Å². The van der Waals surface area contributed by atoms with Crippen LogP contribution in [-0.4, -0.2) is 21.7 Å². The van der Waals surface area contributed by atoms with Gasteiger partial charge < -0.3 is 5.11 Å². The van der Waals surface area contributed by atoms with Gasteiger partial charge in [-0.05, 0) is 115 Å². The number of unbranched alkanes of at least 4 members (excludes halogenated alkanes) is 1. The average Bonchev–Trinajstić information content (AvgIpc) is 3.40. The van der Waals surface area contributed by atoms with Gasteiger partial charge in [-0.25, -0.2) is 0 Å². The molecule has 0 fully saturated rings. The molecule has 0 bridgehead atoms. The van der Waals surface area contributed by atoms with E-state index in [0.29, 0.717) is 22.6 Å². The van der Waals surface area contributed by atoms with Crippen LogP contribution in [0.1, 0.15) is 187 Å². The number of Topliss-reactive ketones (excluding diaryl/α,β-unsaturated/α-hetero) is 2. The van der Waals surface area contributed by atoms with Gasteiger partial charge in [-0.2, -0.15) is 0 Å². The van der Waals surface area contributed by atoms with E-state index in [9.17, 15) is 14.7 Å². The van der Waals surface area contributed by atoms with Gasteiger partial charge in [0.2, 0.25) is 0 Å². The molecular formula is C48H71NO3. The molecule has 286 valence electrons. The van der Waals surface area contributed by atoms with Gasteiger partial charge in [0.25, 0.3) is 0 Å². The van der Waals surface area contributed by atoms with Crippen molar-refractivity contribution in [3.8, 4) is 5.75 Å². The Morgan fingerprint density at radius 3 is 1.50 bits per heavy atom. The van der Waals surface area contributed by atoms with Crippen molar-refractivity contribution in [3.05, 3.63) is 104 Å². The second kappa shape index (κ2) is 19.9. The van der Waals surface area contributed by atoms with E-state index in [2.05, 4.69) is 65.8 Å². The molecule has 0 aliphatic heterocycles. The Morgan fingerprint density at radius 2 is 1.06 bits per heavy atom. The fourth-order valence-electron chi connectivity index (χ4n) is 6.82. The molecule has 0 unspecified atom stereocenters. The highest BCUT2D eigenvalue weighted by Gasteiger charge is 2.43. The first kappa shape index (κ1) is 46.2. The molecule has 1 heterocycles. The number of benzene rings is 3. The fourth-order valence-corrected chi connectivity index (χ4v) is 6.82. The summed E-state index contributed by atoms with van der Waals surface area (Å²) in [6.07, 6.45) is 3.76. The van der Waals surface area contributed by atoms with Gasteiger partial charge in [0, 0.05) is 16.5 Å². The largest absolute Gasteiger partial charge is 0.507 e. The summed E-state index contributed by atoms with van der Waals surface area (Å²) in [5, 5.41) is 12.1. The number of para-hydroxylation sites is 1. The quantitative estimate of drug-likeness (QED) is 0.160. The number of nitrogens with zero attached hydrogens (tertiary/aromatic N) is 1. The lowest BCUT2D eigenvalue weighted by molar-refractivity contribution is 0.0887. The van der Waals surface area contributed by atoms with E-state index in [1.807, 2.05) is 101 Å². The van der Waals surface area contributed by atoms with Crippen molar-refractivity contribution >= 4 is 22.5 Å². The second-order valence-corrected chi connectivity index (χ2v) is 14.9. The molecule has 4 aromatic rings. The highest BCUT2D eigenvalue weighted by Crippen LogP contribution is 2.41. The third-order valence-electron chi connectivity index (χ3n) is 9.77. The topological polar surface area (TPSA) is 67.3 Å². The number of aromatic hydroxyl groups is 1. The highest BCUT2D eigenvalue weighted by molar-refractivity contribution is 6.31. The Bertz CT molecular complexity index is 1730. The summed E-state index contributed by atoms with van der Waals surface area (Å²) >= 11 is 0. The van der Waals surface area contributed by atoms with E-state index in [1.54, 1.807) is 0 Å². The van der Waals surface area contributed by atoms with Crippen molar-refractivity contribution in [2.45, 2.75) is 167 Å². The van der Waals surface area contributed by atoms with Crippen LogP contribution >= 0.6 is 0 Å². The average molecular weight is 710 g/mol. The molecule has 0 spiro atoms. The maximum absolute atomic E-state index is 13.7. The van der Waals surface area contributed by atoms with Crippen molar-refractivity contribution < 1.29 is 14.7 Å². The molecule has 1 aliphatic carbocycles. The van der Waals surface area contributed by atoms with Crippen LogP contribution in [0.25, 0.3) is 10.9 Å². The van der Waals surface area contributed by atoms with E-state index in [4.69, 9.17) is 4.98 Å². The summed E-state index contributed by atoms with van der Waals surface area (Å²) < 4.78 is 0. The van der Waals surface area contributed by atoms with Gasteiger partial charge in [0.05, 0.1) is 11.2 Å². The van der Waals surface area contributed by atoms with E-state index in [1.165, 1.54) is 5.56 Å². The molecule has 4 nitrogen and oxygen atoms in total. The maximum Gasteiger partial charge on any atom is 0.180 e. The van der Waals surface area contributed by atoms with Crippen molar-refractivity contribution in [1.82, 2.24) is 4.98 Å². The van der Waals surface area contributed by atoms with Gasteiger partial charge >= 0.3 is 0 Å². The van der Waals surface area contributed by atoms with E-state index < -0.39 is 5.92 Å². The van der Waals surface area contributed by atoms with Crippen molar-refractivity contribution in [2.24, 2.45) is 0 Å². The predicted octanol–water partition coefficient (Wildman–Crippen LogP) is 13.6. The number of aryl methyl sites for hydroxylation is 2. The summed E-state index contributed by atoms with van der Waals surface area (Å²) in [6.45, 7) is 36.8. The van der Waals surface area contributed by atoms with Crippen molar-refractivity contribution in [2.75, 3.05) is 0 Å². The molecule has 5 rings (SSSR count). The Balaban J connectivity index is 0.00000158. The van der Waals surface area contributed by atoms with Crippen LogP contribution < -0.4 is 0 Å². The van der Waals surface area contributed by atoms with Crippen LogP contribution in [0.2, 0.25) is 0 Å². The molecule has 1 aromatic heterocycles.